The first-order chi connectivity index (χ1) is 9.13. The van der Waals surface area contributed by atoms with Gasteiger partial charge in [0.1, 0.15) is 12.6 Å². The Balaban J connectivity index is 2.31. The van der Waals surface area contributed by atoms with E-state index in [1.54, 1.807) is 0 Å². The molecule has 0 saturated carbocycles. The molecule has 0 aliphatic carbocycles. The molecule has 5 heteroatoms. The van der Waals surface area contributed by atoms with Crippen molar-refractivity contribution in [3.05, 3.63) is 48.6 Å². The summed E-state index contributed by atoms with van der Waals surface area (Å²) in [5, 5.41) is 11.2. The second kappa shape index (κ2) is 8.05. The van der Waals surface area contributed by atoms with Gasteiger partial charge >= 0.3 is 5.97 Å². The molecule has 2 N–H and O–H groups in total. The Hall–Kier alpha value is -2.14. The van der Waals surface area contributed by atoms with Gasteiger partial charge < -0.3 is 15.2 Å². The molecular formula is C14H17NO4. The lowest BCUT2D eigenvalue weighted by Gasteiger charge is -2.12. The zero-order valence-electron chi connectivity index (χ0n) is 10.5. The molecule has 1 amide bonds. The SMILES string of the molecule is C=CC[C@@H](NC(=O)COCc1ccccc1)C(=O)O. The molecule has 0 bridgehead atoms. The number of benzene rings is 1. The summed E-state index contributed by atoms with van der Waals surface area (Å²) in [5.41, 5.74) is 0.955. The molecule has 0 aromatic heterocycles. The number of carbonyl (C=O) groups excluding carboxylic acids is 1. The van der Waals surface area contributed by atoms with Gasteiger partial charge in [0.15, 0.2) is 0 Å². The number of carboxylic acids is 1. The van der Waals surface area contributed by atoms with E-state index in [-0.39, 0.29) is 13.0 Å². The van der Waals surface area contributed by atoms with Crippen molar-refractivity contribution < 1.29 is 19.4 Å². The van der Waals surface area contributed by atoms with E-state index >= 15 is 0 Å². The van der Waals surface area contributed by atoms with E-state index in [4.69, 9.17) is 9.84 Å². The van der Waals surface area contributed by atoms with Crippen LogP contribution in [0.5, 0.6) is 0 Å². The fourth-order valence-corrected chi connectivity index (χ4v) is 1.46. The molecule has 1 rings (SSSR count). The fourth-order valence-electron chi connectivity index (χ4n) is 1.46. The second-order valence-corrected chi connectivity index (χ2v) is 3.96. The van der Waals surface area contributed by atoms with E-state index in [2.05, 4.69) is 11.9 Å². The molecule has 0 aliphatic heterocycles. The maximum atomic E-state index is 11.5. The Bertz CT molecular complexity index is 430. The standard InChI is InChI=1S/C14H17NO4/c1-2-6-12(14(17)18)15-13(16)10-19-9-11-7-4-3-5-8-11/h2-5,7-8,12H,1,6,9-10H2,(H,15,16)(H,17,18)/t12-/m1/s1. The highest BCUT2D eigenvalue weighted by atomic mass is 16.5. The van der Waals surface area contributed by atoms with Crippen molar-refractivity contribution >= 4 is 11.9 Å². The zero-order valence-corrected chi connectivity index (χ0v) is 10.5. The minimum Gasteiger partial charge on any atom is -0.480 e. The summed E-state index contributed by atoms with van der Waals surface area (Å²) in [5.74, 6) is -1.54. The molecule has 0 unspecified atom stereocenters. The Morgan fingerprint density at radius 3 is 2.63 bits per heavy atom. The van der Waals surface area contributed by atoms with Crippen molar-refractivity contribution in [1.29, 1.82) is 0 Å². The molecule has 0 aliphatic rings. The predicted octanol–water partition coefficient (Wildman–Crippen LogP) is 1.35. The van der Waals surface area contributed by atoms with Crippen LogP contribution in [0, 0.1) is 0 Å². The highest BCUT2D eigenvalue weighted by Crippen LogP contribution is 2.00. The number of ether oxygens (including phenoxy) is 1. The van der Waals surface area contributed by atoms with Gasteiger partial charge in [0.2, 0.25) is 5.91 Å². The Morgan fingerprint density at radius 1 is 1.37 bits per heavy atom. The normalized spacial score (nSPS) is 11.6. The number of carbonyl (C=O) groups is 2. The molecular weight excluding hydrogens is 246 g/mol. The van der Waals surface area contributed by atoms with Crippen molar-refractivity contribution in [2.24, 2.45) is 0 Å². The van der Waals surface area contributed by atoms with Gasteiger partial charge in [-0.25, -0.2) is 4.79 Å². The summed E-state index contributed by atoms with van der Waals surface area (Å²) in [6, 6.07) is 8.46. The monoisotopic (exact) mass is 263 g/mol. The van der Waals surface area contributed by atoms with E-state index in [1.165, 1.54) is 6.08 Å². The third-order valence-corrected chi connectivity index (χ3v) is 2.38. The third kappa shape index (κ3) is 5.83. The summed E-state index contributed by atoms with van der Waals surface area (Å²) < 4.78 is 5.21. The average Bonchev–Trinajstić information content (AvgIpc) is 2.39. The van der Waals surface area contributed by atoms with Crippen LogP contribution in [-0.4, -0.2) is 29.6 Å². The summed E-state index contributed by atoms with van der Waals surface area (Å²) in [6.07, 6.45) is 1.63. The van der Waals surface area contributed by atoms with E-state index in [1.807, 2.05) is 30.3 Å². The highest BCUT2D eigenvalue weighted by molar-refractivity contribution is 5.84. The van der Waals surface area contributed by atoms with Gasteiger partial charge in [-0.15, -0.1) is 6.58 Å². The topological polar surface area (TPSA) is 75.6 Å². The van der Waals surface area contributed by atoms with Crippen molar-refractivity contribution in [2.45, 2.75) is 19.1 Å². The Kier molecular flexibility index (Phi) is 6.32. The molecule has 1 aromatic rings. The van der Waals surface area contributed by atoms with Gasteiger partial charge in [0, 0.05) is 0 Å². The van der Waals surface area contributed by atoms with Crippen LogP contribution < -0.4 is 5.32 Å². The van der Waals surface area contributed by atoms with Crippen molar-refractivity contribution in [3.63, 3.8) is 0 Å². The van der Waals surface area contributed by atoms with Crippen LogP contribution in [0.1, 0.15) is 12.0 Å². The zero-order chi connectivity index (χ0) is 14.1. The first-order valence-electron chi connectivity index (χ1n) is 5.88. The predicted molar refractivity (Wildman–Crippen MR) is 70.5 cm³/mol. The Morgan fingerprint density at radius 2 is 2.05 bits per heavy atom. The van der Waals surface area contributed by atoms with Gasteiger partial charge in [-0.05, 0) is 12.0 Å². The maximum Gasteiger partial charge on any atom is 0.326 e. The second-order valence-electron chi connectivity index (χ2n) is 3.96. The number of hydrogen-bond donors (Lipinski definition) is 2. The molecule has 0 saturated heterocycles. The largest absolute Gasteiger partial charge is 0.480 e. The minimum atomic E-state index is -1.09. The van der Waals surface area contributed by atoms with Crippen LogP contribution in [0.3, 0.4) is 0 Å². The third-order valence-electron chi connectivity index (χ3n) is 2.38. The number of carboxylic acid groups (broad SMARTS) is 1. The number of nitrogens with one attached hydrogen (secondary N) is 1. The van der Waals surface area contributed by atoms with E-state index in [0.29, 0.717) is 6.61 Å². The van der Waals surface area contributed by atoms with Crippen molar-refractivity contribution in [1.82, 2.24) is 5.32 Å². The smallest absolute Gasteiger partial charge is 0.326 e. The van der Waals surface area contributed by atoms with Crippen molar-refractivity contribution in [3.8, 4) is 0 Å². The maximum absolute atomic E-state index is 11.5. The van der Waals surface area contributed by atoms with E-state index < -0.39 is 17.9 Å². The van der Waals surface area contributed by atoms with Gasteiger partial charge in [0.05, 0.1) is 6.61 Å². The van der Waals surface area contributed by atoms with Crippen LogP contribution >= 0.6 is 0 Å². The molecule has 0 heterocycles. The van der Waals surface area contributed by atoms with Gasteiger partial charge in [-0.3, -0.25) is 4.79 Å². The summed E-state index contributed by atoms with van der Waals surface area (Å²) in [7, 11) is 0. The molecule has 1 aromatic carbocycles. The number of aliphatic carboxylic acids is 1. The summed E-state index contributed by atoms with van der Waals surface area (Å²) in [4.78, 5) is 22.3. The highest BCUT2D eigenvalue weighted by Gasteiger charge is 2.17. The van der Waals surface area contributed by atoms with Crippen LogP contribution in [0.25, 0.3) is 0 Å². The minimum absolute atomic E-state index is 0.171. The molecule has 0 spiro atoms. The molecule has 1 atom stereocenters. The van der Waals surface area contributed by atoms with Crippen LogP contribution in [-0.2, 0) is 20.9 Å². The number of rotatable bonds is 8. The van der Waals surface area contributed by atoms with E-state index in [0.717, 1.165) is 5.56 Å². The molecule has 0 radical (unpaired) electrons. The van der Waals surface area contributed by atoms with Gasteiger partial charge in [-0.2, -0.15) is 0 Å². The quantitative estimate of drug-likeness (QED) is 0.694. The molecule has 102 valence electrons. The van der Waals surface area contributed by atoms with E-state index in [9.17, 15) is 9.59 Å². The lowest BCUT2D eigenvalue weighted by molar-refractivity contribution is -0.142. The average molecular weight is 263 g/mol. The van der Waals surface area contributed by atoms with Gasteiger partial charge in [0.25, 0.3) is 0 Å². The lowest BCUT2D eigenvalue weighted by Crippen LogP contribution is -2.42. The van der Waals surface area contributed by atoms with Crippen LogP contribution in [0.15, 0.2) is 43.0 Å². The first-order valence-corrected chi connectivity index (χ1v) is 5.88. The summed E-state index contributed by atoms with van der Waals surface area (Å²) in [6.45, 7) is 3.59. The van der Waals surface area contributed by atoms with Crippen molar-refractivity contribution in [2.75, 3.05) is 6.61 Å². The number of amides is 1. The first kappa shape index (κ1) is 14.9. The van der Waals surface area contributed by atoms with Crippen LogP contribution in [0.4, 0.5) is 0 Å². The fraction of sp³-hybridized carbons (Fsp3) is 0.286. The molecule has 0 fully saturated rings. The number of hydrogen-bond acceptors (Lipinski definition) is 3. The van der Waals surface area contributed by atoms with Gasteiger partial charge in [-0.1, -0.05) is 36.4 Å². The van der Waals surface area contributed by atoms with Crippen LogP contribution in [0.2, 0.25) is 0 Å². The molecule has 5 nitrogen and oxygen atoms in total. The molecule has 19 heavy (non-hydrogen) atoms. The lowest BCUT2D eigenvalue weighted by atomic mass is 10.2. The Labute approximate surface area is 111 Å². The summed E-state index contributed by atoms with van der Waals surface area (Å²) >= 11 is 0.